The van der Waals surface area contributed by atoms with Crippen LogP contribution in [0.2, 0.25) is 0 Å². The lowest BCUT2D eigenvalue weighted by atomic mass is 10.2. The van der Waals surface area contributed by atoms with Gasteiger partial charge in [0, 0.05) is 23.5 Å². The summed E-state index contributed by atoms with van der Waals surface area (Å²) in [6.07, 6.45) is -2.00. The van der Waals surface area contributed by atoms with Crippen LogP contribution >= 0.6 is 11.5 Å². The standard InChI is InChI=1S/C14H14N4O4S/c19-9-6-10(18(7-9)14(21)22)12(20)16-13-15-11(17-23-13)8-4-2-1-3-5-8/h1-5,9-10,19H,6-7H2,(H,21,22)(H,15,16,17,20)/t9-,10+/m1/s1. The first-order chi connectivity index (χ1) is 11.0. The van der Waals surface area contributed by atoms with Gasteiger partial charge in [-0.2, -0.15) is 9.36 Å². The Morgan fingerprint density at radius 3 is 2.74 bits per heavy atom. The van der Waals surface area contributed by atoms with Crippen molar-refractivity contribution in [3.05, 3.63) is 30.3 Å². The number of hydrogen-bond acceptors (Lipinski definition) is 6. The van der Waals surface area contributed by atoms with Crippen LogP contribution in [0.5, 0.6) is 0 Å². The molecule has 0 radical (unpaired) electrons. The number of β-amino-alcohol motifs (C(OH)–C–C–N with tert-alkyl or cyclic N) is 1. The Morgan fingerprint density at radius 2 is 2.04 bits per heavy atom. The zero-order chi connectivity index (χ0) is 16.4. The Bertz CT molecular complexity index is 721. The normalized spacial score (nSPS) is 20.5. The molecule has 3 N–H and O–H groups in total. The van der Waals surface area contributed by atoms with Gasteiger partial charge in [0.15, 0.2) is 5.82 Å². The van der Waals surface area contributed by atoms with Gasteiger partial charge in [-0.3, -0.25) is 15.0 Å². The Morgan fingerprint density at radius 1 is 1.30 bits per heavy atom. The highest BCUT2D eigenvalue weighted by molar-refractivity contribution is 7.10. The fourth-order valence-corrected chi connectivity index (χ4v) is 3.03. The largest absolute Gasteiger partial charge is 0.465 e. The lowest BCUT2D eigenvalue weighted by molar-refractivity contribution is -0.120. The quantitative estimate of drug-likeness (QED) is 0.778. The van der Waals surface area contributed by atoms with Crippen LogP contribution in [0.1, 0.15) is 6.42 Å². The topological polar surface area (TPSA) is 116 Å². The van der Waals surface area contributed by atoms with Gasteiger partial charge in [0.2, 0.25) is 11.0 Å². The molecule has 1 saturated heterocycles. The molecule has 0 spiro atoms. The van der Waals surface area contributed by atoms with Crippen LogP contribution in [0.15, 0.2) is 30.3 Å². The van der Waals surface area contributed by atoms with Crippen LogP contribution in [0, 0.1) is 0 Å². The highest BCUT2D eigenvalue weighted by atomic mass is 32.1. The molecule has 1 aromatic heterocycles. The number of anilines is 1. The summed E-state index contributed by atoms with van der Waals surface area (Å²) in [6, 6.07) is 8.38. The summed E-state index contributed by atoms with van der Waals surface area (Å²) >= 11 is 1.02. The molecule has 0 aliphatic carbocycles. The van der Waals surface area contributed by atoms with Gasteiger partial charge in [-0.25, -0.2) is 4.79 Å². The van der Waals surface area contributed by atoms with Gasteiger partial charge in [0.25, 0.3) is 0 Å². The monoisotopic (exact) mass is 334 g/mol. The molecule has 0 unspecified atom stereocenters. The van der Waals surface area contributed by atoms with Gasteiger partial charge in [-0.1, -0.05) is 30.3 Å². The maximum absolute atomic E-state index is 12.2. The molecule has 2 amide bonds. The van der Waals surface area contributed by atoms with E-state index in [2.05, 4.69) is 14.7 Å². The number of carbonyl (C=O) groups excluding carboxylic acids is 1. The van der Waals surface area contributed by atoms with E-state index in [4.69, 9.17) is 5.11 Å². The van der Waals surface area contributed by atoms with Gasteiger partial charge in [0.1, 0.15) is 6.04 Å². The number of hydrogen-bond donors (Lipinski definition) is 3. The van der Waals surface area contributed by atoms with Crippen molar-refractivity contribution in [1.29, 1.82) is 0 Å². The molecule has 8 nitrogen and oxygen atoms in total. The van der Waals surface area contributed by atoms with E-state index in [1.807, 2.05) is 30.3 Å². The van der Waals surface area contributed by atoms with Crippen molar-refractivity contribution in [1.82, 2.24) is 14.3 Å². The Balaban J connectivity index is 1.71. The fourth-order valence-electron chi connectivity index (χ4n) is 2.44. The van der Waals surface area contributed by atoms with Crippen molar-refractivity contribution >= 4 is 28.7 Å². The number of aliphatic hydroxyl groups excluding tert-OH is 1. The molecule has 2 atom stereocenters. The van der Waals surface area contributed by atoms with Crippen molar-refractivity contribution < 1.29 is 19.8 Å². The molecule has 0 bridgehead atoms. The second-order valence-electron chi connectivity index (χ2n) is 5.12. The lowest BCUT2D eigenvalue weighted by Crippen LogP contribution is -2.42. The summed E-state index contributed by atoms with van der Waals surface area (Å²) in [4.78, 5) is 28.5. The Labute approximate surface area is 135 Å². The number of nitrogens with one attached hydrogen (secondary N) is 1. The van der Waals surface area contributed by atoms with Gasteiger partial charge >= 0.3 is 6.09 Å². The van der Waals surface area contributed by atoms with E-state index in [1.165, 1.54) is 0 Å². The highest BCUT2D eigenvalue weighted by Gasteiger charge is 2.39. The third-order valence-electron chi connectivity index (χ3n) is 3.52. The molecule has 1 fully saturated rings. The molecule has 120 valence electrons. The number of nitrogens with zero attached hydrogens (tertiary/aromatic N) is 3. The van der Waals surface area contributed by atoms with E-state index in [1.54, 1.807) is 0 Å². The van der Waals surface area contributed by atoms with Crippen LogP contribution in [0.25, 0.3) is 11.4 Å². The molecule has 2 heterocycles. The van der Waals surface area contributed by atoms with E-state index in [0.717, 1.165) is 22.0 Å². The number of carbonyl (C=O) groups is 2. The third-order valence-corrected chi connectivity index (χ3v) is 4.15. The van der Waals surface area contributed by atoms with Crippen molar-refractivity contribution in [2.75, 3.05) is 11.9 Å². The first-order valence-corrected chi connectivity index (χ1v) is 7.69. The van der Waals surface area contributed by atoms with E-state index < -0.39 is 24.1 Å². The minimum atomic E-state index is -1.23. The number of aromatic nitrogens is 2. The molecule has 9 heteroatoms. The summed E-state index contributed by atoms with van der Waals surface area (Å²) in [7, 11) is 0. The molecule has 23 heavy (non-hydrogen) atoms. The fraction of sp³-hybridized carbons (Fsp3) is 0.286. The zero-order valence-corrected chi connectivity index (χ0v) is 12.7. The van der Waals surface area contributed by atoms with E-state index >= 15 is 0 Å². The Hall–Kier alpha value is -2.52. The van der Waals surface area contributed by atoms with Gasteiger partial charge < -0.3 is 10.2 Å². The summed E-state index contributed by atoms with van der Waals surface area (Å²) in [6.45, 7) is -0.0706. The van der Waals surface area contributed by atoms with E-state index in [0.29, 0.717) is 11.0 Å². The minimum absolute atomic E-state index is 0.0706. The van der Waals surface area contributed by atoms with Crippen LogP contribution in [-0.2, 0) is 4.79 Å². The Kier molecular flexibility index (Phi) is 4.22. The molecule has 1 aromatic carbocycles. The number of benzene rings is 1. The molecule has 2 aromatic rings. The molecule has 1 aliphatic rings. The first kappa shape index (κ1) is 15.4. The summed E-state index contributed by atoms with van der Waals surface area (Å²) in [5.74, 6) is -0.0211. The lowest BCUT2D eigenvalue weighted by Gasteiger charge is -2.19. The average Bonchev–Trinajstić information content (AvgIpc) is 3.15. The van der Waals surface area contributed by atoms with Crippen LogP contribution in [0.3, 0.4) is 0 Å². The van der Waals surface area contributed by atoms with E-state index in [9.17, 15) is 14.7 Å². The number of carboxylic acid groups (broad SMARTS) is 1. The molecular formula is C14H14N4O4S. The number of likely N-dealkylation sites (tertiary alicyclic amines) is 1. The number of rotatable bonds is 3. The predicted octanol–water partition coefficient (Wildman–Crippen LogP) is 1.26. The first-order valence-electron chi connectivity index (χ1n) is 6.92. The zero-order valence-electron chi connectivity index (χ0n) is 11.9. The van der Waals surface area contributed by atoms with Gasteiger partial charge in [0.05, 0.1) is 12.6 Å². The van der Waals surface area contributed by atoms with E-state index in [-0.39, 0.29) is 13.0 Å². The SMILES string of the molecule is O=C(Nc1nc(-c2ccccc2)ns1)[C@@H]1C[C@@H](O)CN1C(=O)O. The van der Waals surface area contributed by atoms with Crippen molar-refractivity contribution in [2.45, 2.75) is 18.6 Å². The third kappa shape index (κ3) is 3.30. The maximum Gasteiger partial charge on any atom is 0.408 e. The summed E-state index contributed by atoms with van der Waals surface area (Å²) in [5.41, 5.74) is 0.827. The summed E-state index contributed by atoms with van der Waals surface area (Å²) in [5, 5.41) is 21.5. The van der Waals surface area contributed by atoms with Gasteiger partial charge in [-0.15, -0.1) is 0 Å². The van der Waals surface area contributed by atoms with Crippen LogP contribution in [0.4, 0.5) is 9.93 Å². The van der Waals surface area contributed by atoms with Crippen molar-refractivity contribution in [3.8, 4) is 11.4 Å². The smallest absolute Gasteiger partial charge is 0.408 e. The van der Waals surface area contributed by atoms with Crippen molar-refractivity contribution in [3.63, 3.8) is 0 Å². The van der Waals surface area contributed by atoms with Gasteiger partial charge in [-0.05, 0) is 0 Å². The molecule has 3 rings (SSSR count). The summed E-state index contributed by atoms with van der Waals surface area (Å²) < 4.78 is 4.17. The van der Waals surface area contributed by atoms with Crippen molar-refractivity contribution in [2.24, 2.45) is 0 Å². The highest BCUT2D eigenvalue weighted by Crippen LogP contribution is 2.23. The number of aliphatic hydroxyl groups is 1. The second kappa shape index (κ2) is 6.31. The average molecular weight is 334 g/mol. The predicted molar refractivity (Wildman–Crippen MR) is 83.1 cm³/mol. The van der Waals surface area contributed by atoms with Crippen LogP contribution < -0.4 is 5.32 Å². The maximum atomic E-state index is 12.2. The molecule has 1 aliphatic heterocycles. The number of amides is 2. The minimum Gasteiger partial charge on any atom is -0.465 e. The molecular weight excluding hydrogens is 320 g/mol. The van der Waals surface area contributed by atoms with Crippen LogP contribution in [-0.4, -0.2) is 55.2 Å². The molecule has 0 saturated carbocycles. The second-order valence-corrected chi connectivity index (χ2v) is 5.87.